The van der Waals surface area contributed by atoms with Crippen molar-refractivity contribution in [2.45, 2.75) is 31.1 Å². The summed E-state index contributed by atoms with van der Waals surface area (Å²) in [6, 6.07) is 67.9. The van der Waals surface area contributed by atoms with Crippen LogP contribution >= 0.6 is 33.0 Å². The Bertz CT molecular complexity index is 1450. The predicted molar refractivity (Wildman–Crippen MR) is 207 cm³/mol. The molecule has 224 valence electrons. The topological polar surface area (TPSA) is 0 Å². The normalized spacial score (nSPS) is 13.0. The zero-order chi connectivity index (χ0) is 31.3. The second-order valence-electron chi connectivity index (χ2n) is 12.3. The van der Waals surface area contributed by atoms with Gasteiger partial charge in [-0.15, -0.1) is 0 Å². The molecule has 6 rings (SSSR count). The van der Waals surface area contributed by atoms with Crippen LogP contribution in [0.15, 0.2) is 182 Å². The fourth-order valence-corrected chi connectivity index (χ4v) is 28.3. The molecule has 0 heterocycles. The second-order valence-corrected chi connectivity index (χ2v) is 24.1. The summed E-state index contributed by atoms with van der Waals surface area (Å²) in [4.78, 5) is 0. The van der Waals surface area contributed by atoms with E-state index in [0.29, 0.717) is 0 Å². The van der Waals surface area contributed by atoms with E-state index in [-0.39, 0.29) is 10.3 Å². The number of benzene rings is 6. The largest absolute Gasteiger partial charge is 0.226 e. The van der Waals surface area contributed by atoms with E-state index in [4.69, 9.17) is 11.2 Å². The molecule has 1 atom stereocenters. The van der Waals surface area contributed by atoms with Crippen LogP contribution < -0.4 is 31.8 Å². The Hall–Kier alpha value is -3.10. The summed E-state index contributed by atoms with van der Waals surface area (Å²) in [5.74, 6) is 0. The minimum absolute atomic E-state index is 0.0843. The highest BCUT2D eigenvalue weighted by atomic mass is 35.7. The van der Waals surface area contributed by atoms with Gasteiger partial charge < -0.3 is 0 Å². The lowest BCUT2D eigenvalue weighted by molar-refractivity contribution is 0.791. The molecule has 0 aliphatic rings. The van der Waals surface area contributed by atoms with Crippen LogP contribution in [0, 0.1) is 0 Å². The van der Waals surface area contributed by atoms with E-state index < -0.39 is 21.8 Å². The lowest BCUT2D eigenvalue weighted by atomic mass is 10.3. The van der Waals surface area contributed by atoms with Crippen molar-refractivity contribution >= 4 is 64.9 Å². The summed E-state index contributed by atoms with van der Waals surface area (Å²) >= 11 is 8.31. The van der Waals surface area contributed by atoms with Gasteiger partial charge in [-0.2, -0.15) is 0 Å². The summed E-state index contributed by atoms with van der Waals surface area (Å²) < 4.78 is 0. The molecule has 0 N–H and O–H groups in total. The summed E-state index contributed by atoms with van der Waals surface area (Å²) in [7, 11) is -6.11. The molecule has 0 spiro atoms. The van der Waals surface area contributed by atoms with E-state index in [1.807, 2.05) is 0 Å². The van der Waals surface area contributed by atoms with Gasteiger partial charge in [0.1, 0.15) is 31.8 Å². The molecule has 0 bridgehead atoms. The molecule has 0 fully saturated rings. The summed E-state index contributed by atoms with van der Waals surface area (Å²) in [6.07, 6.45) is 0. The van der Waals surface area contributed by atoms with Gasteiger partial charge in [-0.05, 0) is 72.8 Å². The van der Waals surface area contributed by atoms with E-state index in [1.165, 1.54) is 31.8 Å². The van der Waals surface area contributed by atoms with Crippen LogP contribution in [0.25, 0.3) is 0 Å². The van der Waals surface area contributed by atoms with Gasteiger partial charge in [-0.25, -0.2) is 0 Å². The first-order valence-electron chi connectivity index (χ1n) is 15.5. The van der Waals surface area contributed by atoms with Crippen molar-refractivity contribution < 1.29 is 0 Å². The van der Waals surface area contributed by atoms with Crippen molar-refractivity contribution in [3.8, 4) is 0 Å². The number of hydrogen-bond acceptors (Lipinski definition) is 0. The summed E-state index contributed by atoms with van der Waals surface area (Å²) in [5.41, 5.74) is 0. The molecule has 0 aliphatic carbocycles. The van der Waals surface area contributed by atoms with Crippen molar-refractivity contribution in [1.82, 2.24) is 0 Å². The highest BCUT2D eigenvalue weighted by Gasteiger charge is 2.72. The molecule has 0 amide bonds. The molecule has 0 radical (unpaired) electrons. The maximum Gasteiger partial charge on any atom is 0.226 e. The van der Waals surface area contributed by atoms with Gasteiger partial charge in [0.15, 0.2) is 14.5 Å². The third kappa shape index (κ3) is 5.85. The zero-order valence-electron chi connectivity index (χ0n) is 26.1. The first kappa shape index (κ1) is 31.9. The van der Waals surface area contributed by atoms with E-state index in [0.717, 1.165) is 0 Å². The first-order chi connectivity index (χ1) is 21.9. The fourth-order valence-electron chi connectivity index (χ4n) is 6.58. The van der Waals surface area contributed by atoms with Crippen LogP contribution in [0.4, 0.5) is 0 Å². The third-order valence-corrected chi connectivity index (χ3v) is 26.7. The molecule has 1 unspecified atom stereocenters. The predicted octanol–water partition coefficient (Wildman–Crippen LogP) is 9.69. The monoisotopic (exact) mass is 660 g/mol. The van der Waals surface area contributed by atoms with E-state index in [1.54, 1.807) is 0 Å². The highest BCUT2D eigenvalue weighted by Crippen LogP contribution is 2.88. The molecule has 0 aromatic heterocycles. The van der Waals surface area contributed by atoms with Crippen LogP contribution in [0.2, 0.25) is 0 Å². The smallest absolute Gasteiger partial charge is 0.0870 e. The van der Waals surface area contributed by atoms with Crippen LogP contribution in [0.5, 0.6) is 0 Å². The molecular weight excluding hydrogens is 621 g/mol. The van der Waals surface area contributed by atoms with Crippen molar-refractivity contribution in [2.75, 3.05) is 0 Å². The lowest BCUT2D eigenvalue weighted by Gasteiger charge is -2.45. The number of hydrogen-bond donors (Lipinski definition) is 0. The number of rotatable bonds is 9. The van der Waals surface area contributed by atoms with E-state index >= 15 is 0 Å². The van der Waals surface area contributed by atoms with Gasteiger partial charge in [-0.3, -0.25) is 0 Å². The van der Waals surface area contributed by atoms with Crippen molar-refractivity contribution in [1.29, 1.82) is 0 Å². The second kappa shape index (κ2) is 13.7. The van der Waals surface area contributed by atoms with Crippen LogP contribution in [-0.4, -0.2) is 10.3 Å². The van der Waals surface area contributed by atoms with Gasteiger partial charge in [0.2, 0.25) is 5.14 Å². The van der Waals surface area contributed by atoms with Crippen LogP contribution in [0.3, 0.4) is 0 Å². The summed E-state index contributed by atoms with van der Waals surface area (Å²) in [5, 5.41) is 8.17. The molecule has 45 heavy (non-hydrogen) atoms. The Labute approximate surface area is 276 Å². The lowest BCUT2D eigenvalue weighted by Crippen LogP contribution is -2.47. The first-order valence-corrected chi connectivity index (χ1v) is 21.5. The Morgan fingerprint density at radius 3 is 0.711 bits per heavy atom. The molecule has 6 aromatic rings. The molecule has 4 heteroatoms. The van der Waals surface area contributed by atoms with Gasteiger partial charge in [0, 0.05) is 5.16 Å². The Kier molecular flexibility index (Phi) is 9.71. The maximum atomic E-state index is 8.31. The fraction of sp³-hybridized carbons (Fsp3) is 0.122. The standard InChI is InChI=1S/C41H40ClP3/c1-41(2,3)43(42)40(44(34-22-10-4-11-23-34,35-24-12-5-13-25-35)36-26-14-6-15-27-36)45(37-28-16-7-17-29-37,38-30-18-8-19-31-38)39-32-20-9-21-33-39/h4-33,40H,1-3H3/q+2. The summed E-state index contributed by atoms with van der Waals surface area (Å²) in [6.45, 7) is 7.05. The molecule has 0 saturated heterocycles. The Morgan fingerprint density at radius 1 is 0.378 bits per heavy atom. The van der Waals surface area contributed by atoms with Gasteiger partial charge in [0.25, 0.3) is 0 Å². The van der Waals surface area contributed by atoms with Gasteiger partial charge in [0.05, 0.1) is 7.27 Å². The molecule has 0 nitrogen and oxygen atoms in total. The minimum Gasteiger partial charge on any atom is -0.0870 e. The average Bonchev–Trinajstić information content (AvgIpc) is 3.10. The minimum atomic E-state index is -2.49. The SMILES string of the molecule is CC(C)(C)P(Cl)C([P+](c1ccccc1)(c1ccccc1)c1ccccc1)[P+](c1ccccc1)(c1ccccc1)c1ccccc1. The van der Waals surface area contributed by atoms with Crippen molar-refractivity contribution in [2.24, 2.45) is 0 Å². The van der Waals surface area contributed by atoms with Crippen molar-refractivity contribution in [3.05, 3.63) is 182 Å². The molecule has 0 aliphatic heterocycles. The van der Waals surface area contributed by atoms with E-state index in [9.17, 15) is 0 Å². The average molecular weight is 661 g/mol. The highest BCUT2D eigenvalue weighted by molar-refractivity contribution is 8.21. The Morgan fingerprint density at radius 2 is 0.556 bits per heavy atom. The van der Waals surface area contributed by atoms with Gasteiger partial charge in [-0.1, -0.05) is 141 Å². The third-order valence-electron chi connectivity index (χ3n) is 8.52. The quantitative estimate of drug-likeness (QED) is 0.136. The molecular formula is C41H40ClP3+2. The molecule has 6 aromatic carbocycles. The maximum absolute atomic E-state index is 8.31. The van der Waals surface area contributed by atoms with Crippen molar-refractivity contribution in [3.63, 3.8) is 0 Å². The van der Waals surface area contributed by atoms with Crippen LogP contribution in [-0.2, 0) is 0 Å². The van der Waals surface area contributed by atoms with Gasteiger partial charge >= 0.3 is 0 Å². The zero-order valence-corrected chi connectivity index (χ0v) is 29.6. The Balaban J connectivity index is 1.92. The molecule has 0 saturated carbocycles. The number of halogens is 1. The van der Waals surface area contributed by atoms with Crippen LogP contribution in [0.1, 0.15) is 20.8 Å². The van der Waals surface area contributed by atoms with E-state index in [2.05, 4.69) is 203 Å².